The summed E-state index contributed by atoms with van der Waals surface area (Å²) < 4.78 is 0. The summed E-state index contributed by atoms with van der Waals surface area (Å²) in [7, 11) is 0. The second-order valence-corrected chi connectivity index (χ2v) is 11.9. The van der Waals surface area contributed by atoms with Crippen LogP contribution in [0.1, 0.15) is 11.1 Å². The molecule has 0 bridgehead atoms. The van der Waals surface area contributed by atoms with Crippen molar-refractivity contribution < 1.29 is 0 Å². The molecule has 0 atom stereocenters. The van der Waals surface area contributed by atoms with Gasteiger partial charge in [-0.3, -0.25) is 0 Å². The van der Waals surface area contributed by atoms with E-state index in [1.54, 1.807) is 0 Å². The Morgan fingerprint density at radius 2 is 0.795 bits per heavy atom. The molecule has 0 aromatic heterocycles. The van der Waals surface area contributed by atoms with Gasteiger partial charge in [-0.25, -0.2) is 0 Å². The summed E-state index contributed by atoms with van der Waals surface area (Å²) in [4.78, 5) is 0. The Kier molecular flexibility index (Phi) is 6.35. The van der Waals surface area contributed by atoms with Crippen LogP contribution in [-0.4, -0.2) is 0 Å². The van der Waals surface area contributed by atoms with Crippen molar-refractivity contribution in [2.24, 2.45) is 0 Å². The summed E-state index contributed by atoms with van der Waals surface area (Å²) in [5, 5.41) is 8.01. The van der Waals surface area contributed by atoms with Crippen molar-refractivity contribution in [1.29, 1.82) is 0 Å². The molecule has 0 N–H and O–H groups in total. The lowest BCUT2D eigenvalue weighted by Crippen LogP contribution is -1.85. The lowest BCUT2D eigenvalue weighted by atomic mass is 9.93. The first kappa shape index (κ1) is 26.2. The fraction of sp³-hybridized carbons (Fsp3) is 0.0455. The molecular weight excluding hydrogens is 528 g/mol. The Morgan fingerprint density at radius 3 is 1.50 bits per heavy atom. The van der Waals surface area contributed by atoms with Gasteiger partial charge in [-0.1, -0.05) is 163 Å². The molecule has 0 nitrogen and oxygen atoms in total. The number of benzene rings is 8. The molecule has 0 heterocycles. The standard InChI is InChI=1S/C23H16.C21H16/c1-15-6-4-7-16(14-15)17-12-13-22-19-9-3-2-8-18(19)21-11-5-10-20(17)23(21)22;1-15-7-6-9-16(13-15)21-14-17-8-2-3-10-18(17)19-11-4-5-12-20(19)21/h2-14H,1H3;2-14H,1H3. The molecule has 0 spiro atoms. The van der Waals surface area contributed by atoms with Gasteiger partial charge in [0.25, 0.3) is 0 Å². The van der Waals surface area contributed by atoms with Crippen LogP contribution in [0, 0.1) is 13.8 Å². The maximum Gasteiger partial charge on any atom is -0.00201 e. The minimum atomic E-state index is 1.29. The average molecular weight is 561 g/mol. The van der Waals surface area contributed by atoms with Crippen LogP contribution in [0.2, 0.25) is 0 Å². The molecule has 8 aromatic carbocycles. The van der Waals surface area contributed by atoms with Gasteiger partial charge in [0, 0.05) is 0 Å². The summed E-state index contributed by atoms with van der Waals surface area (Å²) in [6.07, 6.45) is 0. The van der Waals surface area contributed by atoms with E-state index in [2.05, 4.69) is 172 Å². The molecule has 0 radical (unpaired) electrons. The van der Waals surface area contributed by atoms with Crippen LogP contribution in [-0.2, 0) is 0 Å². The van der Waals surface area contributed by atoms with Crippen molar-refractivity contribution in [2.75, 3.05) is 0 Å². The van der Waals surface area contributed by atoms with Crippen LogP contribution >= 0.6 is 0 Å². The summed E-state index contributed by atoms with van der Waals surface area (Å²) >= 11 is 0. The highest BCUT2D eigenvalue weighted by Gasteiger charge is 2.22. The molecule has 8 aromatic rings. The zero-order chi connectivity index (χ0) is 29.6. The highest BCUT2D eigenvalue weighted by Crippen LogP contribution is 2.49. The zero-order valence-electron chi connectivity index (χ0n) is 25.0. The average Bonchev–Trinajstić information content (AvgIpc) is 3.40. The third-order valence-electron chi connectivity index (χ3n) is 8.97. The second-order valence-electron chi connectivity index (χ2n) is 11.9. The minimum Gasteiger partial charge on any atom is -0.0616 e. The summed E-state index contributed by atoms with van der Waals surface area (Å²) in [5.74, 6) is 0. The molecule has 0 saturated carbocycles. The van der Waals surface area contributed by atoms with Gasteiger partial charge in [0.15, 0.2) is 0 Å². The quantitative estimate of drug-likeness (QED) is 0.184. The largest absolute Gasteiger partial charge is 0.0616 e. The highest BCUT2D eigenvalue weighted by molar-refractivity contribution is 6.18. The van der Waals surface area contributed by atoms with E-state index < -0.39 is 0 Å². The predicted octanol–water partition coefficient (Wildman–Crippen LogP) is 12.4. The SMILES string of the molecule is Cc1cccc(-c2cc3ccccc3c3ccccc23)c1.Cc1cccc(-c2ccc3c4c(cccc24)-c2ccccc2-3)c1. The first-order valence-corrected chi connectivity index (χ1v) is 15.4. The molecule has 208 valence electrons. The second kappa shape index (κ2) is 10.7. The molecule has 1 aliphatic carbocycles. The van der Waals surface area contributed by atoms with Crippen LogP contribution in [0.25, 0.3) is 76.8 Å². The first-order valence-electron chi connectivity index (χ1n) is 15.4. The molecular formula is C44H32. The zero-order valence-corrected chi connectivity index (χ0v) is 25.0. The van der Waals surface area contributed by atoms with Crippen LogP contribution in [0.3, 0.4) is 0 Å². The van der Waals surface area contributed by atoms with Crippen LogP contribution in [0.4, 0.5) is 0 Å². The van der Waals surface area contributed by atoms with Gasteiger partial charge in [-0.2, -0.15) is 0 Å². The Hall–Kier alpha value is -5.46. The predicted molar refractivity (Wildman–Crippen MR) is 190 cm³/mol. The smallest absolute Gasteiger partial charge is 0.00201 e. The van der Waals surface area contributed by atoms with E-state index in [9.17, 15) is 0 Å². The lowest BCUT2D eigenvalue weighted by molar-refractivity contribution is 1.47. The van der Waals surface area contributed by atoms with Gasteiger partial charge >= 0.3 is 0 Å². The maximum atomic E-state index is 2.31. The van der Waals surface area contributed by atoms with E-state index in [0.717, 1.165) is 0 Å². The summed E-state index contributed by atoms with van der Waals surface area (Å²) in [6.45, 7) is 4.30. The fourth-order valence-electron chi connectivity index (χ4n) is 6.98. The molecule has 0 unspecified atom stereocenters. The Balaban J connectivity index is 0.000000132. The summed E-state index contributed by atoms with van der Waals surface area (Å²) in [6, 6.07) is 57.1. The van der Waals surface area contributed by atoms with Crippen molar-refractivity contribution >= 4 is 32.3 Å². The number of rotatable bonds is 2. The highest BCUT2D eigenvalue weighted by atomic mass is 14.2. The molecule has 1 aliphatic rings. The first-order chi connectivity index (χ1) is 21.7. The number of fused-ring (bicyclic) bond motifs is 6. The summed E-state index contributed by atoms with van der Waals surface area (Å²) in [5.41, 5.74) is 13.3. The molecule has 0 heteroatoms. The number of hydrogen-bond acceptors (Lipinski definition) is 0. The van der Waals surface area contributed by atoms with Gasteiger partial charge in [-0.15, -0.1) is 0 Å². The molecule has 0 fully saturated rings. The van der Waals surface area contributed by atoms with E-state index in [1.807, 2.05) is 0 Å². The number of aryl methyl sites for hydroxylation is 2. The van der Waals surface area contributed by atoms with E-state index >= 15 is 0 Å². The van der Waals surface area contributed by atoms with Gasteiger partial charge in [0.1, 0.15) is 0 Å². The molecule has 0 saturated heterocycles. The molecule has 44 heavy (non-hydrogen) atoms. The Bertz CT molecular complexity index is 2330. The Labute approximate surface area is 258 Å². The topological polar surface area (TPSA) is 0 Å². The van der Waals surface area contributed by atoms with Gasteiger partial charge in [0.2, 0.25) is 0 Å². The van der Waals surface area contributed by atoms with Crippen molar-refractivity contribution in [1.82, 2.24) is 0 Å². The molecule has 0 aliphatic heterocycles. The van der Waals surface area contributed by atoms with Crippen LogP contribution < -0.4 is 0 Å². The minimum absolute atomic E-state index is 1.29. The van der Waals surface area contributed by atoms with E-state index in [0.29, 0.717) is 0 Å². The van der Waals surface area contributed by atoms with E-state index in [1.165, 1.54) is 88.0 Å². The lowest BCUT2D eigenvalue weighted by Gasteiger charge is -2.11. The third-order valence-corrected chi connectivity index (χ3v) is 8.97. The third kappa shape index (κ3) is 4.39. The fourth-order valence-corrected chi connectivity index (χ4v) is 6.98. The van der Waals surface area contributed by atoms with Crippen LogP contribution in [0.15, 0.2) is 158 Å². The molecule has 0 amide bonds. The monoisotopic (exact) mass is 560 g/mol. The van der Waals surface area contributed by atoms with E-state index in [4.69, 9.17) is 0 Å². The van der Waals surface area contributed by atoms with Gasteiger partial charge in [-0.05, 0) is 96.7 Å². The molecule has 9 rings (SSSR count). The Morgan fingerprint density at radius 1 is 0.295 bits per heavy atom. The van der Waals surface area contributed by atoms with Crippen molar-refractivity contribution in [2.45, 2.75) is 13.8 Å². The van der Waals surface area contributed by atoms with Crippen molar-refractivity contribution in [3.05, 3.63) is 169 Å². The van der Waals surface area contributed by atoms with Crippen molar-refractivity contribution in [3.8, 4) is 44.5 Å². The maximum absolute atomic E-state index is 2.31. The van der Waals surface area contributed by atoms with Crippen molar-refractivity contribution in [3.63, 3.8) is 0 Å². The van der Waals surface area contributed by atoms with Crippen LogP contribution in [0.5, 0.6) is 0 Å². The number of hydrogen-bond donors (Lipinski definition) is 0. The van der Waals surface area contributed by atoms with E-state index in [-0.39, 0.29) is 0 Å². The van der Waals surface area contributed by atoms with Gasteiger partial charge in [0.05, 0.1) is 0 Å². The normalized spacial score (nSPS) is 11.4. The van der Waals surface area contributed by atoms with Gasteiger partial charge < -0.3 is 0 Å².